The van der Waals surface area contributed by atoms with Gasteiger partial charge in [-0.15, -0.1) is 0 Å². The van der Waals surface area contributed by atoms with E-state index in [1.165, 1.54) is 37.1 Å². The van der Waals surface area contributed by atoms with Gasteiger partial charge in [0.1, 0.15) is 0 Å². The highest BCUT2D eigenvalue weighted by atomic mass is 32.1. The first-order valence-electron chi connectivity index (χ1n) is 11.5. The summed E-state index contributed by atoms with van der Waals surface area (Å²) in [5.41, 5.74) is 2.82. The molecule has 2 aliphatic heterocycles. The summed E-state index contributed by atoms with van der Waals surface area (Å²) in [4.78, 5) is 36.3. The lowest BCUT2D eigenvalue weighted by molar-refractivity contribution is -0.193. The molecule has 0 aromatic carbocycles. The molecule has 2 aliphatic rings. The second kappa shape index (κ2) is 15.7. The molecule has 42 heavy (non-hydrogen) atoms. The fraction of sp³-hybridized carbons (Fsp3) is 0.478. The number of carbonyl (C=O) groups is 3. The third-order valence-corrected chi connectivity index (χ3v) is 6.34. The van der Waals surface area contributed by atoms with Crippen molar-refractivity contribution in [2.75, 3.05) is 13.1 Å². The summed E-state index contributed by atoms with van der Waals surface area (Å²) in [6.07, 6.45) is -8.76. The Balaban J connectivity index is 0.000000348. The van der Waals surface area contributed by atoms with Gasteiger partial charge in [-0.3, -0.25) is 14.8 Å². The van der Waals surface area contributed by atoms with Crippen LogP contribution >= 0.6 is 11.3 Å². The zero-order chi connectivity index (χ0) is 32.3. The number of hydrogen-bond donors (Lipinski definition) is 3. The van der Waals surface area contributed by atoms with Gasteiger partial charge in [-0.25, -0.2) is 14.4 Å². The lowest BCUT2D eigenvalue weighted by Crippen LogP contribution is -2.35. The van der Waals surface area contributed by atoms with Crippen LogP contribution in [0.4, 0.5) is 39.5 Å². The molecule has 4 rings (SSSR count). The van der Waals surface area contributed by atoms with Gasteiger partial charge in [0, 0.05) is 50.7 Å². The van der Waals surface area contributed by atoms with Crippen LogP contribution in [0.15, 0.2) is 41.4 Å². The molecule has 4 heterocycles. The van der Waals surface area contributed by atoms with Crippen LogP contribution in [0.2, 0.25) is 0 Å². The van der Waals surface area contributed by atoms with E-state index < -0.39 is 36.4 Å². The van der Waals surface area contributed by atoms with Crippen molar-refractivity contribution in [2.24, 2.45) is 0 Å². The van der Waals surface area contributed by atoms with Gasteiger partial charge in [-0.2, -0.15) is 50.9 Å². The molecule has 0 amide bonds. The average Bonchev–Trinajstić information content (AvgIpc) is 3.60. The molecule has 0 aliphatic carbocycles. The second-order valence-electron chi connectivity index (χ2n) is 8.55. The molecular weight excluding hydrogens is 617 g/mol. The van der Waals surface area contributed by atoms with Gasteiger partial charge in [0.25, 0.3) is 0 Å². The number of likely N-dealkylation sites (tertiary alicyclic amines) is 2. The number of pyridine rings is 1. The molecule has 0 radical (unpaired) electrons. The van der Waals surface area contributed by atoms with Crippen LogP contribution in [0.3, 0.4) is 0 Å². The van der Waals surface area contributed by atoms with Crippen molar-refractivity contribution in [2.45, 2.75) is 56.5 Å². The summed E-state index contributed by atoms with van der Waals surface area (Å²) in [6, 6.07) is 7.99. The molecule has 2 fully saturated rings. The molecule has 0 unspecified atom stereocenters. The lowest BCUT2D eigenvalue weighted by atomic mass is 10.1. The zero-order valence-corrected chi connectivity index (χ0v) is 22.0. The number of halogens is 9. The lowest BCUT2D eigenvalue weighted by Gasteiger charge is -2.25. The fourth-order valence-corrected chi connectivity index (χ4v) is 4.56. The molecular formula is C23H24F9N3O6S. The molecule has 0 saturated carbocycles. The normalized spacial score (nSPS) is 18.8. The van der Waals surface area contributed by atoms with Gasteiger partial charge in [0.05, 0.1) is 0 Å². The van der Waals surface area contributed by atoms with Crippen molar-refractivity contribution in [3.63, 3.8) is 0 Å². The van der Waals surface area contributed by atoms with E-state index in [4.69, 9.17) is 29.7 Å². The van der Waals surface area contributed by atoms with Gasteiger partial charge >= 0.3 is 36.4 Å². The van der Waals surface area contributed by atoms with Crippen molar-refractivity contribution in [1.29, 1.82) is 0 Å². The van der Waals surface area contributed by atoms with E-state index in [2.05, 4.69) is 37.7 Å². The van der Waals surface area contributed by atoms with Gasteiger partial charge in [0.15, 0.2) is 0 Å². The van der Waals surface area contributed by atoms with Crippen molar-refractivity contribution in [3.05, 3.63) is 52.5 Å². The predicted molar refractivity (Wildman–Crippen MR) is 127 cm³/mol. The third-order valence-electron chi connectivity index (χ3n) is 5.61. The Morgan fingerprint density at radius 2 is 1.17 bits per heavy atom. The number of carboxylic acids is 3. The smallest absolute Gasteiger partial charge is 0.475 e. The molecule has 2 saturated heterocycles. The van der Waals surface area contributed by atoms with Crippen LogP contribution in [0.25, 0.3) is 0 Å². The summed E-state index contributed by atoms with van der Waals surface area (Å²) in [5.74, 6) is -8.27. The van der Waals surface area contributed by atoms with Gasteiger partial charge in [-0.1, -0.05) is 6.07 Å². The average molecular weight is 642 g/mol. The van der Waals surface area contributed by atoms with Crippen molar-refractivity contribution in [3.8, 4) is 0 Å². The Morgan fingerprint density at radius 3 is 1.48 bits per heavy atom. The van der Waals surface area contributed by atoms with Crippen LogP contribution in [0, 0.1) is 0 Å². The number of rotatable bonds is 4. The van der Waals surface area contributed by atoms with E-state index in [0.29, 0.717) is 0 Å². The first-order valence-corrected chi connectivity index (χ1v) is 12.5. The largest absolute Gasteiger partial charge is 0.490 e. The first kappa shape index (κ1) is 36.6. The maximum Gasteiger partial charge on any atom is 0.490 e. The SMILES string of the molecule is O=C(O)C(F)(F)F.O=C(O)C(F)(F)F.O=C(O)C(F)(F)F.c1cncc(CN2CC[C@@H]3[C@@H]2CCN3Cc2ccsc2)c1. The summed E-state index contributed by atoms with van der Waals surface area (Å²) in [5, 5.41) is 25.8. The van der Waals surface area contributed by atoms with Crippen LogP contribution in [-0.4, -0.2) is 91.7 Å². The molecule has 0 bridgehead atoms. The Labute approximate surface area is 235 Å². The molecule has 2 aromatic heterocycles. The molecule has 9 nitrogen and oxygen atoms in total. The standard InChI is InChI=1S/C17H21N3S.3C2HF3O2/c1-2-14(10-18-6-1)11-19-7-3-17-16(19)4-8-20(17)12-15-5-9-21-13-15;3*3-2(4,5)1(6)7/h1-2,5-6,9-10,13,16-17H,3-4,7-8,11-12H2;3*(H,6,7)/t16-,17+;;;/m0.../s1. The van der Waals surface area contributed by atoms with Crippen molar-refractivity contribution >= 4 is 29.2 Å². The number of alkyl halides is 9. The maximum atomic E-state index is 10.6. The van der Waals surface area contributed by atoms with E-state index in [9.17, 15) is 39.5 Å². The molecule has 2 aromatic rings. The van der Waals surface area contributed by atoms with E-state index in [0.717, 1.165) is 25.2 Å². The summed E-state index contributed by atoms with van der Waals surface area (Å²) < 4.78 is 95.2. The first-order chi connectivity index (χ1) is 19.2. The number of thiophene rings is 1. The highest BCUT2D eigenvalue weighted by Gasteiger charge is 2.42. The number of hydrogen-bond acceptors (Lipinski definition) is 7. The van der Waals surface area contributed by atoms with Crippen LogP contribution in [0.1, 0.15) is 24.0 Å². The van der Waals surface area contributed by atoms with Crippen LogP contribution < -0.4 is 0 Å². The minimum atomic E-state index is -5.08. The summed E-state index contributed by atoms with van der Waals surface area (Å²) in [6.45, 7) is 4.66. The molecule has 3 N–H and O–H groups in total. The van der Waals surface area contributed by atoms with Crippen LogP contribution in [-0.2, 0) is 27.5 Å². The van der Waals surface area contributed by atoms with E-state index >= 15 is 0 Å². The minimum Gasteiger partial charge on any atom is -0.475 e. The predicted octanol–water partition coefficient (Wildman–Crippen LogP) is 4.89. The second-order valence-corrected chi connectivity index (χ2v) is 9.33. The molecule has 2 atom stereocenters. The summed E-state index contributed by atoms with van der Waals surface area (Å²) >= 11 is 1.81. The Kier molecular flexibility index (Phi) is 13.7. The Bertz CT molecular complexity index is 1070. The number of carboxylic acid groups (broad SMARTS) is 3. The van der Waals surface area contributed by atoms with E-state index in [1.54, 1.807) is 11.3 Å². The van der Waals surface area contributed by atoms with Crippen molar-refractivity contribution < 1.29 is 69.2 Å². The number of fused-ring (bicyclic) bond motifs is 1. The number of aromatic nitrogens is 1. The number of nitrogens with zero attached hydrogens (tertiary/aromatic N) is 3. The van der Waals surface area contributed by atoms with Crippen molar-refractivity contribution in [1.82, 2.24) is 14.8 Å². The van der Waals surface area contributed by atoms with Gasteiger partial charge in [-0.05, 0) is 46.9 Å². The van der Waals surface area contributed by atoms with E-state index in [1.807, 2.05) is 18.5 Å². The fourth-order valence-electron chi connectivity index (χ4n) is 3.90. The van der Waals surface area contributed by atoms with Crippen LogP contribution in [0.5, 0.6) is 0 Å². The van der Waals surface area contributed by atoms with Gasteiger partial charge in [0.2, 0.25) is 0 Å². The zero-order valence-electron chi connectivity index (χ0n) is 21.2. The van der Waals surface area contributed by atoms with Gasteiger partial charge < -0.3 is 15.3 Å². The molecule has 236 valence electrons. The summed E-state index contributed by atoms with van der Waals surface area (Å²) in [7, 11) is 0. The minimum absolute atomic E-state index is 0.740. The number of aliphatic carboxylic acids is 3. The molecule has 19 heteroatoms. The topological polar surface area (TPSA) is 131 Å². The highest BCUT2D eigenvalue weighted by molar-refractivity contribution is 7.07. The molecule has 0 spiro atoms. The quantitative estimate of drug-likeness (QED) is 0.400. The van der Waals surface area contributed by atoms with E-state index in [-0.39, 0.29) is 0 Å². The maximum absolute atomic E-state index is 10.6. The Morgan fingerprint density at radius 1 is 0.762 bits per heavy atom. The monoisotopic (exact) mass is 641 g/mol. The highest BCUT2D eigenvalue weighted by Crippen LogP contribution is 2.33. The third kappa shape index (κ3) is 13.0. The Hall–Kier alpha value is -3.45.